The molecule has 1 aliphatic carbocycles. The first-order valence-electron chi connectivity index (χ1n) is 7.09. The molecule has 1 aromatic heterocycles. The molecule has 0 radical (unpaired) electrons. The SMILES string of the molecule is Cc1ccc(C2=CCC=C2c2ccc(S(C)(=O)=O)cn2)cc1. The molecule has 0 amide bonds. The Hall–Kier alpha value is -2.20. The second kappa shape index (κ2) is 5.54. The molecule has 1 aromatic carbocycles. The third kappa shape index (κ3) is 2.88. The average molecular weight is 311 g/mol. The largest absolute Gasteiger partial charge is 0.255 e. The minimum atomic E-state index is -3.21. The van der Waals surface area contributed by atoms with E-state index in [9.17, 15) is 8.42 Å². The Kier molecular flexibility index (Phi) is 3.71. The predicted octanol–water partition coefficient (Wildman–Crippen LogP) is 3.66. The number of benzene rings is 1. The van der Waals surface area contributed by atoms with Gasteiger partial charge in [-0.05, 0) is 36.6 Å². The quantitative estimate of drug-likeness (QED) is 0.869. The van der Waals surface area contributed by atoms with Crippen molar-refractivity contribution in [1.82, 2.24) is 4.98 Å². The normalized spacial score (nSPS) is 14.6. The number of aryl methyl sites for hydroxylation is 1. The molecule has 2 aromatic rings. The fourth-order valence-corrected chi connectivity index (χ4v) is 3.08. The Labute approximate surface area is 131 Å². The molecule has 0 saturated heterocycles. The molecule has 1 heterocycles. The summed E-state index contributed by atoms with van der Waals surface area (Å²) in [7, 11) is -3.21. The molecule has 0 atom stereocenters. The molecule has 0 spiro atoms. The fourth-order valence-electron chi connectivity index (χ4n) is 2.52. The van der Waals surface area contributed by atoms with Gasteiger partial charge in [0, 0.05) is 18.0 Å². The van der Waals surface area contributed by atoms with Crippen molar-refractivity contribution in [2.24, 2.45) is 0 Å². The number of pyridine rings is 1. The van der Waals surface area contributed by atoms with Crippen molar-refractivity contribution in [3.63, 3.8) is 0 Å². The summed E-state index contributed by atoms with van der Waals surface area (Å²) in [6.07, 6.45) is 7.78. The molecule has 0 bridgehead atoms. The van der Waals surface area contributed by atoms with Crippen LogP contribution < -0.4 is 0 Å². The number of rotatable bonds is 3. The van der Waals surface area contributed by atoms with Crippen LogP contribution in [0.4, 0.5) is 0 Å². The van der Waals surface area contributed by atoms with Crippen LogP contribution in [0.5, 0.6) is 0 Å². The zero-order chi connectivity index (χ0) is 15.7. The lowest BCUT2D eigenvalue weighted by Crippen LogP contribution is -1.99. The van der Waals surface area contributed by atoms with Gasteiger partial charge in [-0.15, -0.1) is 0 Å². The summed E-state index contributed by atoms with van der Waals surface area (Å²) in [4.78, 5) is 4.58. The van der Waals surface area contributed by atoms with Crippen molar-refractivity contribution in [3.05, 3.63) is 71.6 Å². The molecule has 4 heteroatoms. The Bertz CT molecular complexity index is 858. The highest BCUT2D eigenvalue weighted by atomic mass is 32.2. The molecule has 1 aliphatic rings. The fraction of sp³-hybridized carbons (Fsp3) is 0.167. The zero-order valence-electron chi connectivity index (χ0n) is 12.6. The third-order valence-electron chi connectivity index (χ3n) is 3.74. The number of nitrogens with zero attached hydrogens (tertiary/aromatic N) is 1. The van der Waals surface area contributed by atoms with Gasteiger partial charge in [-0.1, -0.05) is 42.0 Å². The summed E-state index contributed by atoms with van der Waals surface area (Å²) in [5.41, 5.74) is 5.40. The van der Waals surface area contributed by atoms with Crippen LogP contribution >= 0.6 is 0 Å². The summed E-state index contributed by atoms with van der Waals surface area (Å²) >= 11 is 0. The summed E-state index contributed by atoms with van der Waals surface area (Å²) in [5, 5.41) is 0. The maximum atomic E-state index is 11.5. The number of hydrogen-bond donors (Lipinski definition) is 0. The van der Waals surface area contributed by atoms with Crippen molar-refractivity contribution >= 4 is 21.0 Å². The molecular formula is C18H17NO2S. The van der Waals surface area contributed by atoms with Crippen molar-refractivity contribution < 1.29 is 8.42 Å². The van der Waals surface area contributed by atoms with Gasteiger partial charge in [0.25, 0.3) is 0 Å². The Morgan fingerprint density at radius 2 is 1.64 bits per heavy atom. The summed E-state index contributed by atoms with van der Waals surface area (Å²) < 4.78 is 23.0. The van der Waals surface area contributed by atoms with E-state index in [2.05, 4.69) is 48.3 Å². The lowest BCUT2D eigenvalue weighted by molar-refractivity contribution is 0.601. The van der Waals surface area contributed by atoms with Gasteiger partial charge < -0.3 is 0 Å². The maximum absolute atomic E-state index is 11.5. The lowest BCUT2D eigenvalue weighted by Gasteiger charge is -2.10. The predicted molar refractivity (Wildman–Crippen MR) is 89.1 cm³/mol. The Balaban J connectivity index is 1.95. The molecule has 3 rings (SSSR count). The number of sulfone groups is 1. The van der Waals surface area contributed by atoms with Gasteiger partial charge in [0.1, 0.15) is 0 Å². The zero-order valence-corrected chi connectivity index (χ0v) is 13.4. The monoisotopic (exact) mass is 311 g/mol. The molecule has 0 fully saturated rings. The second-order valence-corrected chi connectivity index (χ2v) is 7.50. The van der Waals surface area contributed by atoms with Gasteiger partial charge in [0.2, 0.25) is 0 Å². The molecule has 0 aliphatic heterocycles. The van der Waals surface area contributed by atoms with Crippen LogP contribution in [-0.4, -0.2) is 19.7 Å². The minimum Gasteiger partial charge on any atom is -0.255 e. The highest BCUT2D eigenvalue weighted by molar-refractivity contribution is 7.90. The van der Waals surface area contributed by atoms with E-state index in [4.69, 9.17) is 0 Å². The molecule has 0 unspecified atom stereocenters. The van der Waals surface area contributed by atoms with Crippen molar-refractivity contribution in [1.29, 1.82) is 0 Å². The van der Waals surface area contributed by atoms with E-state index in [1.165, 1.54) is 18.0 Å². The number of aromatic nitrogens is 1. The van der Waals surface area contributed by atoms with Crippen LogP contribution in [-0.2, 0) is 9.84 Å². The molecule has 22 heavy (non-hydrogen) atoms. The van der Waals surface area contributed by atoms with Crippen LogP contribution in [0.15, 0.2) is 59.6 Å². The molecule has 0 saturated carbocycles. The maximum Gasteiger partial charge on any atom is 0.177 e. The minimum absolute atomic E-state index is 0.246. The van der Waals surface area contributed by atoms with Gasteiger partial charge in [-0.3, -0.25) is 4.98 Å². The van der Waals surface area contributed by atoms with Crippen LogP contribution in [0, 0.1) is 6.92 Å². The number of hydrogen-bond acceptors (Lipinski definition) is 3. The lowest BCUT2D eigenvalue weighted by atomic mass is 9.97. The van der Waals surface area contributed by atoms with Crippen molar-refractivity contribution in [2.45, 2.75) is 18.2 Å². The van der Waals surface area contributed by atoms with E-state index < -0.39 is 9.84 Å². The summed E-state index contributed by atoms with van der Waals surface area (Å²) in [6, 6.07) is 11.8. The van der Waals surface area contributed by atoms with Gasteiger partial charge >= 0.3 is 0 Å². The first-order valence-corrected chi connectivity index (χ1v) is 8.98. The van der Waals surface area contributed by atoms with E-state index in [0.29, 0.717) is 0 Å². The molecule has 0 N–H and O–H groups in total. The second-order valence-electron chi connectivity index (χ2n) is 5.49. The van der Waals surface area contributed by atoms with E-state index >= 15 is 0 Å². The highest BCUT2D eigenvalue weighted by Crippen LogP contribution is 2.35. The Morgan fingerprint density at radius 3 is 2.23 bits per heavy atom. The van der Waals surface area contributed by atoms with E-state index in [1.807, 2.05) is 0 Å². The van der Waals surface area contributed by atoms with Crippen molar-refractivity contribution in [2.75, 3.05) is 6.26 Å². The van der Waals surface area contributed by atoms with Gasteiger partial charge in [0.15, 0.2) is 9.84 Å². The number of allylic oxidation sites excluding steroid dienone is 4. The van der Waals surface area contributed by atoms with Gasteiger partial charge in [-0.2, -0.15) is 0 Å². The Morgan fingerprint density at radius 1 is 0.955 bits per heavy atom. The summed E-state index contributed by atoms with van der Waals surface area (Å²) in [6.45, 7) is 2.06. The van der Waals surface area contributed by atoms with E-state index in [-0.39, 0.29) is 4.90 Å². The first kappa shape index (κ1) is 14.7. The summed E-state index contributed by atoms with van der Waals surface area (Å²) in [5.74, 6) is 0. The molecular weight excluding hydrogens is 294 g/mol. The highest BCUT2D eigenvalue weighted by Gasteiger charge is 2.16. The van der Waals surface area contributed by atoms with Crippen LogP contribution in [0.2, 0.25) is 0 Å². The van der Waals surface area contributed by atoms with Crippen LogP contribution in [0.1, 0.15) is 23.2 Å². The van der Waals surface area contributed by atoms with E-state index in [0.717, 1.165) is 28.8 Å². The molecule has 3 nitrogen and oxygen atoms in total. The van der Waals surface area contributed by atoms with Crippen LogP contribution in [0.25, 0.3) is 11.1 Å². The van der Waals surface area contributed by atoms with E-state index in [1.54, 1.807) is 12.1 Å². The first-order chi connectivity index (χ1) is 10.4. The van der Waals surface area contributed by atoms with Gasteiger partial charge in [0.05, 0.1) is 10.6 Å². The topological polar surface area (TPSA) is 47.0 Å². The smallest absolute Gasteiger partial charge is 0.177 e. The molecule has 112 valence electrons. The van der Waals surface area contributed by atoms with Crippen LogP contribution in [0.3, 0.4) is 0 Å². The standard InChI is InChI=1S/C18H17NO2S/c1-13-6-8-14(9-7-13)16-4-3-5-17(16)18-11-10-15(12-19-18)22(2,20)21/h4-12H,3H2,1-2H3. The average Bonchev–Trinajstić information content (AvgIpc) is 2.97. The van der Waals surface area contributed by atoms with Crippen molar-refractivity contribution in [3.8, 4) is 0 Å². The third-order valence-corrected chi connectivity index (χ3v) is 4.83. The van der Waals surface area contributed by atoms with Gasteiger partial charge in [-0.25, -0.2) is 8.42 Å².